The van der Waals surface area contributed by atoms with E-state index in [4.69, 9.17) is 5.21 Å². The Labute approximate surface area is 80.0 Å². The molecular weight excluding hydrogens is 162 g/mol. The monoisotopic (exact) mass is 181 g/mol. The van der Waals surface area contributed by atoms with Crippen molar-refractivity contribution in [1.82, 2.24) is 0 Å². The summed E-state index contributed by atoms with van der Waals surface area (Å²) in [6.45, 7) is 6.92. The predicted octanol–water partition coefficient (Wildman–Crippen LogP) is 3.05. The first kappa shape index (κ1) is 9.04. The summed E-state index contributed by atoms with van der Waals surface area (Å²) in [6, 6.07) is 0. The van der Waals surface area contributed by atoms with Crippen LogP contribution in [0.3, 0.4) is 0 Å². The van der Waals surface area contributed by atoms with E-state index in [9.17, 15) is 0 Å². The van der Waals surface area contributed by atoms with Crippen LogP contribution >= 0.6 is 0 Å². The van der Waals surface area contributed by atoms with Gasteiger partial charge in [0.2, 0.25) is 0 Å². The third kappa shape index (κ3) is 0.918. The lowest BCUT2D eigenvalue weighted by molar-refractivity contribution is 0.120. The van der Waals surface area contributed by atoms with Gasteiger partial charge in [-0.2, -0.15) is 0 Å². The predicted molar refractivity (Wildman–Crippen MR) is 53.1 cm³/mol. The summed E-state index contributed by atoms with van der Waals surface area (Å²) in [7, 11) is 0. The van der Waals surface area contributed by atoms with E-state index >= 15 is 0 Å². The van der Waals surface area contributed by atoms with Gasteiger partial charge in [-0.3, -0.25) is 0 Å². The fourth-order valence-electron chi connectivity index (χ4n) is 3.36. The van der Waals surface area contributed by atoms with Gasteiger partial charge in [0.25, 0.3) is 0 Å². The average molecular weight is 181 g/mol. The van der Waals surface area contributed by atoms with Gasteiger partial charge in [-0.1, -0.05) is 25.9 Å². The largest absolute Gasteiger partial charge is 0.411 e. The highest BCUT2D eigenvalue weighted by atomic mass is 16.4. The summed E-state index contributed by atoms with van der Waals surface area (Å²) < 4.78 is 0. The molecule has 0 aromatic heterocycles. The van der Waals surface area contributed by atoms with Crippen LogP contribution in [-0.2, 0) is 0 Å². The number of nitrogens with zero attached hydrogens (tertiary/aromatic N) is 1. The van der Waals surface area contributed by atoms with E-state index in [0.29, 0.717) is 5.41 Å². The SMILES string of the molecule is CC1(C)[C@@H]2CC/C(=N/O)[C@]1(C)CC2. The molecular formula is C11H19NO. The van der Waals surface area contributed by atoms with Gasteiger partial charge in [0.05, 0.1) is 5.71 Å². The van der Waals surface area contributed by atoms with E-state index < -0.39 is 0 Å². The van der Waals surface area contributed by atoms with E-state index in [1.165, 1.54) is 19.3 Å². The Morgan fingerprint density at radius 3 is 2.62 bits per heavy atom. The number of rotatable bonds is 0. The fourth-order valence-corrected chi connectivity index (χ4v) is 3.36. The van der Waals surface area contributed by atoms with Crippen LogP contribution in [0.2, 0.25) is 0 Å². The van der Waals surface area contributed by atoms with Crippen LogP contribution in [-0.4, -0.2) is 10.9 Å². The molecule has 0 saturated heterocycles. The Bertz CT molecular complexity index is 257. The molecule has 74 valence electrons. The zero-order valence-electron chi connectivity index (χ0n) is 8.80. The molecule has 0 radical (unpaired) electrons. The van der Waals surface area contributed by atoms with Gasteiger partial charge in [-0.25, -0.2) is 0 Å². The van der Waals surface area contributed by atoms with Crippen LogP contribution in [0.25, 0.3) is 0 Å². The zero-order valence-corrected chi connectivity index (χ0v) is 8.80. The summed E-state index contributed by atoms with van der Waals surface area (Å²) in [5.41, 5.74) is 1.52. The Kier molecular flexibility index (Phi) is 1.73. The van der Waals surface area contributed by atoms with Gasteiger partial charge in [0.1, 0.15) is 0 Å². The van der Waals surface area contributed by atoms with Crippen LogP contribution in [0.15, 0.2) is 5.16 Å². The number of hydrogen-bond donors (Lipinski definition) is 1. The second kappa shape index (κ2) is 2.49. The van der Waals surface area contributed by atoms with Crippen LogP contribution in [0.1, 0.15) is 46.5 Å². The molecule has 0 amide bonds. The van der Waals surface area contributed by atoms with Crippen LogP contribution in [0, 0.1) is 16.7 Å². The normalized spacial score (nSPS) is 45.5. The van der Waals surface area contributed by atoms with Crippen LogP contribution < -0.4 is 0 Å². The van der Waals surface area contributed by atoms with Crippen LogP contribution in [0.4, 0.5) is 0 Å². The minimum absolute atomic E-state index is 0.157. The molecule has 2 nitrogen and oxygen atoms in total. The first-order valence-corrected chi connectivity index (χ1v) is 5.24. The van der Waals surface area contributed by atoms with Crippen LogP contribution in [0.5, 0.6) is 0 Å². The fraction of sp³-hybridized carbons (Fsp3) is 0.909. The van der Waals surface area contributed by atoms with Crippen molar-refractivity contribution in [2.24, 2.45) is 21.9 Å². The Hall–Kier alpha value is -0.530. The van der Waals surface area contributed by atoms with Crippen molar-refractivity contribution in [1.29, 1.82) is 0 Å². The number of hydrogen-bond acceptors (Lipinski definition) is 2. The lowest BCUT2D eigenvalue weighted by Crippen LogP contribution is -2.44. The van der Waals surface area contributed by atoms with Crippen molar-refractivity contribution in [3.8, 4) is 0 Å². The molecule has 2 aliphatic rings. The third-order valence-corrected chi connectivity index (χ3v) is 4.92. The highest BCUT2D eigenvalue weighted by Crippen LogP contribution is 2.61. The van der Waals surface area contributed by atoms with Crippen molar-refractivity contribution >= 4 is 5.71 Å². The Morgan fingerprint density at radius 1 is 1.31 bits per heavy atom. The molecule has 2 atom stereocenters. The molecule has 2 heteroatoms. The third-order valence-electron chi connectivity index (χ3n) is 4.92. The average Bonchev–Trinajstić information content (AvgIpc) is 2.24. The van der Waals surface area contributed by atoms with Crippen molar-refractivity contribution < 1.29 is 5.21 Å². The lowest BCUT2D eigenvalue weighted by Gasteiger charge is -2.46. The molecule has 0 heterocycles. The maximum Gasteiger partial charge on any atom is 0.0635 e. The summed E-state index contributed by atoms with van der Waals surface area (Å²) >= 11 is 0. The topological polar surface area (TPSA) is 32.6 Å². The summed E-state index contributed by atoms with van der Waals surface area (Å²) in [5.74, 6) is 0.836. The van der Waals surface area contributed by atoms with Crippen molar-refractivity contribution in [2.75, 3.05) is 0 Å². The van der Waals surface area contributed by atoms with Gasteiger partial charge in [0, 0.05) is 5.41 Å². The molecule has 0 aliphatic heterocycles. The number of oxime groups is 1. The molecule has 1 N–H and O–H groups in total. The highest BCUT2D eigenvalue weighted by molar-refractivity contribution is 5.91. The van der Waals surface area contributed by atoms with Gasteiger partial charge in [0.15, 0.2) is 0 Å². The van der Waals surface area contributed by atoms with E-state index in [1.807, 2.05) is 0 Å². The van der Waals surface area contributed by atoms with E-state index in [0.717, 1.165) is 18.1 Å². The molecule has 2 saturated carbocycles. The van der Waals surface area contributed by atoms with Gasteiger partial charge in [-0.05, 0) is 37.0 Å². The first-order valence-electron chi connectivity index (χ1n) is 5.24. The second-order valence-electron chi connectivity index (χ2n) is 5.37. The minimum atomic E-state index is 0.157. The lowest BCUT2D eigenvalue weighted by atomic mass is 9.58. The molecule has 2 fully saturated rings. The summed E-state index contributed by atoms with van der Waals surface area (Å²) in [5, 5.41) is 12.5. The quantitative estimate of drug-likeness (QED) is 0.452. The first-order chi connectivity index (χ1) is 6.02. The maximum absolute atomic E-state index is 9.00. The molecule has 13 heavy (non-hydrogen) atoms. The van der Waals surface area contributed by atoms with E-state index in [-0.39, 0.29) is 5.41 Å². The van der Waals surface area contributed by atoms with E-state index in [2.05, 4.69) is 25.9 Å². The maximum atomic E-state index is 9.00. The standard InChI is InChI=1S/C11H19NO/c1-10(2)8-4-5-9(12-13)11(10,3)7-6-8/h8,13H,4-7H2,1-3H3/b12-9-/t8-,11+/m1/s1. The van der Waals surface area contributed by atoms with Crippen molar-refractivity contribution in [2.45, 2.75) is 46.5 Å². The molecule has 0 spiro atoms. The minimum Gasteiger partial charge on any atom is -0.411 e. The molecule has 2 bridgehead atoms. The summed E-state index contributed by atoms with van der Waals surface area (Å²) in [4.78, 5) is 0. The Balaban J connectivity index is 2.44. The van der Waals surface area contributed by atoms with Crippen molar-refractivity contribution in [3.63, 3.8) is 0 Å². The molecule has 2 aliphatic carbocycles. The van der Waals surface area contributed by atoms with Gasteiger partial charge < -0.3 is 5.21 Å². The van der Waals surface area contributed by atoms with Gasteiger partial charge >= 0.3 is 0 Å². The molecule has 0 aromatic rings. The number of fused-ring (bicyclic) bond motifs is 2. The molecule has 0 aromatic carbocycles. The highest BCUT2D eigenvalue weighted by Gasteiger charge is 2.56. The van der Waals surface area contributed by atoms with Crippen molar-refractivity contribution in [3.05, 3.63) is 0 Å². The smallest absolute Gasteiger partial charge is 0.0635 e. The Morgan fingerprint density at radius 2 is 2.00 bits per heavy atom. The second-order valence-corrected chi connectivity index (χ2v) is 5.37. The summed E-state index contributed by atoms with van der Waals surface area (Å²) in [6.07, 6.45) is 4.72. The van der Waals surface area contributed by atoms with Gasteiger partial charge in [-0.15, -0.1) is 0 Å². The zero-order chi connectivity index (χ0) is 9.69. The van der Waals surface area contributed by atoms with E-state index in [1.54, 1.807) is 0 Å². The molecule has 0 unspecified atom stereocenters. The molecule has 2 rings (SSSR count).